The first-order valence-electron chi connectivity index (χ1n) is 5.69. The van der Waals surface area contributed by atoms with E-state index < -0.39 is 0 Å². The molecule has 1 fully saturated rings. The fourth-order valence-corrected chi connectivity index (χ4v) is 2.85. The van der Waals surface area contributed by atoms with Crippen LogP contribution < -0.4 is 0 Å². The molecule has 94 valence electrons. The van der Waals surface area contributed by atoms with E-state index in [1.807, 2.05) is 28.7 Å². The van der Waals surface area contributed by atoms with Crippen molar-refractivity contribution < 1.29 is 9.53 Å². The fraction of sp³-hybridized carbons (Fsp3) is 0.583. The Labute approximate surface area is 110 Å². The van der Waals surface area contributed by atoms with Gasteiger partial charge in [0.15, 0.2) is 0 Å². The molecule has 1 saturated heterocycles. The second kappa shape index (κ2) is 5.85. The van der Waals surface area contributed by atoms with Crippen molar-refractivity contribution in [2.75, 3.05) is 19.0 Å². The molecule has 2 heterocycles. The zero-order valence-corrected chi connectivity index (χ0v) is 11.3. The number of amides is 1. The molecule has 0 aliphatic carbocycles. The van der Waals surface area contributed by atoms with Crippen molar-refractivity contribution in [1.29, 1.82) is 0 Å². The van der Waals surface area contributed by atoms with E-state index >= 15 is 0 Å². The summed E-state index contributed by atoms with van der Waals surface area (Å²) >= 11 is 7.41. The highest BCUT2D eigenvalue weighted by molar-refractivity contribution is 7.07. The molecule has 3 nitrogen and oxygen atoms in total. The molecule has 0 radical (unpaired) electrons. The van der Waals surface area contributed by atoms with Crippen molar-refractivity contribution in [2.24, 2.45) is 0 Å². The van der Waals surface area contributed by atoms with E-state index in [4.69, 9.17) is 16.3 Å². The Morgan fingerprint density at radius 1 is 1.65 bits per heavy atom. The van der Waals surface area contributed by atoms with Crippen molar-refractivity contribution in [3.8, 4) is 0 Å². The number of morpholine rings is 1. The summed E-state index contributed by atoms with van der Waals surface area (Å²) in [5, 5.41) is 4.01. The first-order valence-corrected chi connectivity index (χ1v) is 7.17. The van der Waals surface area contributed by atoms with E-state index in [1.165, 1.54) is 0 Å². The Balaban J connectivity index is 1.94. The first kappa shape index (κ1) is 12.9. The summed E-state index contributed by atoms with van der Waals surface area (Å²) in [5.41, 5.74) is 1.08. The van der Waals surface area contributed by atoms with Crippen molar-refractivity contribution >= 4 is 28.8 Å². The molecule has 2 atom stereocenters. The Morgan fingerprint density at radius 3 is 3.12 bits per heavy atom. The van der Waals surface area contributed by atoms with E-state index in [0.29, 0.717) is 25.4 Å². The van der Waals surface area contributed by atoms with Gasteiger partial charge in [-0.3, -0.25) is 4.79 Å². The molecule has 1 aromatic heterocycles. The van der Waals surface area contributed by atoms with Crippen molar-refractivity contribution in [2.45, 2.75) is 25.6 Å². The predicted molar refractivity (Wildman–Crippen MR) is 69.7 cm³/mol. The van der Waals surface area contributed by atoms with Crippen molar-refractivity contribution in [1.82, 2.24) is 4.90 Å². The largest absolute Gasteiger partial charge is 0.370 e. The molecule has 17 heavy (non-hydrogen) atoms. The summed E-state index contributed by atoms with van der Waals surface area (Å²) in [6.45, 7) is 3.25. The number of hydrogen-bond acceptors (Lipinski definition) is 3. The average molecular weight is 274 g/mol. The van der Waals surface area contributed by atoms with Crippen LogP contribution in [0.15, 0.2) is 16.8 Å². The van der Waals surface area contributed by atoms with Crippen LogP contribution in [0.4, 0.5) is 0 Å². The first-order chi connectivity index (χ1) is 8.19. The maximum Gasteiger partial charge on any atom is 0.227 e. The molecule has 0 spiro atoms. The molecule has 5 heteroatoms. The number of thiophene rings is 1. The van der Waals surface area contributed by atoms with Crippen LogP contribution in [0.25, 0.3) is 0 Å². The number of ether oxygens (including phenoxy) is 1. The molecule has 0 saturated carbocycles. The van der Waals surface area contributed by atoms with E-state index in [0.717, 1.165) is 5.56 Å². The summed E-state index contributed by atoms with van der Waals surface area (Å²) < 4.78 is 5.63. The molecule has 1 amide bonds. The molecular formula is C12H16ClNO2S. The zero-order valence-electron chi connectivity index (χ0n) is 9.77. The molecule has 0 N–H and O–H groups in total. The molecule has 2 rings (SSSR count). The van der Waals surface area contributed by atoms with Gasteiger partial charge in [0.05, 0.1) is 24.5 Å². The van der Waals surface area contributed by atoms with E-state index in [1.54, 1.807) is 11.3 Å². The number of halogens is 1. The van der Waals surface area contributed by atoms with Crippen LogP contribution in [-0.4, -0.2) is 42.0 Å². The molecule has 2 unspecified atom stereocenters. The Hall–Kier alpha value is -0.580. The van der Waals surface area contributed by atoms with Crippen LogP contribution in [-0.2, 0) is 16.0 Å². The van der Waals surface area contributed by atoms with Gasteiger partial charge in [-0.2, -0.15) is 11.3 Å². The smallest absolute Gasteiger partial charge is 0.227 e. The molecule has 1 aliphatic heterocycles. The Morgan fingerprint density at radius 2 is 2.47 bits per heavy atom. The third-order valence-corrected chi connectivity index (χ3v) is 3.86. The van der Waals surface area contributed by atoms with Crippen LogP contribution in [0, 0.1) is 0 Å². The van der Waals surface area contributed by atoms with Gasteiger partial charge in [-0.1, -0.05) is 0 Å². The summed E-state index contributed by atoms with van der Waals surface area (Å²) in [6, 6.07) is 1.99. The topological polar surface area (TPSA) is 29.5 Å². The van der Waals surface area contributed by atoms with Crippen LogP contribution >= 0.6 is 22.9 Å². The van der Waals surface area contributed by atoms with Gasteiger partial charge in [0.2, 0.25) is 5.91 Å². The lowest BCUT2D eigenvalue weighted by atomic mass is 10.2. The normalized spacial score (nSPS) is 24.9. The Kier molecular flexibility index (Phi) is 4.42. The molecule has 1 aliphatic rings. The second-order valence-electron chi connectivity index (χ2n) is 4.33. The van der Waals surface area contributed by atoms with Gasteiger partial charge in [0.25, 0.3) is 0 Å². The van der Waals surface area contributed by atoms with Gasteiger partial charge >= 0.3 is 0 Å². The quantitative estimate of drug-likeness (QED) is 0.790. The monoisotopic (exact) mass is 273 g/mol. The van der Waals surface area contributed by atoms with Gasteiger partial charge in [-0.05, 0) is 29.3 Å². The molecule has 0 aromatic carbocycles. The van der Waals surface area contributed by atoms with Crippen LogP contribution in [0.1, 0.15) is 12.5 Å². The van der Waals surface area contributed by atoms with Crippen LogP contribution in [0.3, 0.4) is 0 Å². The SMILES string of the molecule is CC1CN(C(=O)Cc2ccsc2)CC(CCl)O1. The van der Waals surface area contributed by atoms with Crippen LogP contribution in [0.5, 0.6) is 0 Å². The van der Waals surface area contributed by atoms with Gasteiger partial charge < -0.3 is 9.64 Å². The third-order valence-electron chi connectivity index (χ3n) is 2.79. The Bertz CT molecular complexity index is 369. The van der Waals surface area contributed by atoms with E-state index in [-0.39, 0.29) is 18.1 Å². The summed E-state index contributed by atoms with van der Waals surface area (Å²) in [5.74, 6) is 0.598. The highest BCUT2D eigenvalue weighted by Crippen LogP contribution is 2.15. The van der Waals surface area contributed by atoms with Gasteiger partial charge in [0, 0.05) is 13.1 Å². The number of carbonyl (C=O) groups excluding carboxylic acids is 1. The maximum atomic E-state index is 12.1. The lowest BCUT2D eigenvalue weighted by Gasteiger charge is -2.36. The minimum absolute atomic E-state index is 0.0353. The van der Waals surface area contributed by atoms with Gasteiger partial charge in [-0.25, -0.2) is 0 Å². The zero-order chi connectivity index (χ0) is 12.3. The highest BCUT2D eigenvalue weighted by atomic mass is 35.5. The minimum Gasteiger partial charge on any atom is -0.370 e. The number of hydrogen-bond donors (Lipinski definition) is 0. The lowest BCUT2D eigenvalue weighted by Crippen LogP contribution is -2.50. The highest BCUT2D eigenvalue weighted by Gasteiger charge is 2.27. The van der Waals surface area contributed by atoms with Gasteiger partial charge in [-0.15, -0.1) is 11.6 Å². The number of alkyl halides is 1. The second-order valence-corrected chi connectivity index (χ2v) is 5.42. The van der Waals surface area contributed by atoms with Crippen LogP contribution in [0.2, 0.25) is 0 Å². The summed E-state index contributed by atoms with van der Waals surface area (Å²) in [6.07, 6.45) is 0.511. The molecule has 0 bridgehead atoms. The lowest BCUT2D eigenvalue weighted by molar-refractivity contribution is -0.142. The standard InChI is InChI=1S/C12H16ClNO2S/c1-9-6-14(7-11(5-13)16-9)12(15)4-10-2-3-17-8-10/h2-3,8-9,11H,4-7H2,1H3. The van der Waals surface area contributed by atoms with Gasteiger partial charge in [0.1, 0.15) is 0 Å². The molecule has 1 aromatic rings. The van der Waals surface area contributed by atoms with Crippen molar-refractivity contribution in [3.05, 3.63) is 22.4 Å². The molecular weight excluding hydrogens is 258 g/mol. The number of nitrogens with zero attached hydrogens (tertiary/aromatic N) is 1. The summed E-state index contributed by atoms with van der Waals surface area (Å²) in [7, 11) is 0. The van der Waals surface area contributed by atoms with E-state index in [2.05, 4.69) is 0 Å². The summed E-state index contributed by atoms with van der Waals surface area (Å²) in [4.78, 5) is 14.0. The fourth-order valence-electron chi connectivity index (χ4n) is 2.01. The van der Waals surface area contributed by atoms with Crippen molar-refractivity contribution in [3.63, 3.8) is 0 Å². The maximum absolute atomic E-state index is 12.1. The number of rotatable bonds is 3. The predicted octanol–water partition coefficient (Wildman–Crippen LogP) is 2.15. The van der Waals surface area contributed by atoms with E-state index in [9.17, 15) is 4.79 Å². The number of carbonyl (C=O) groups is 1. The minimum atomic E-state index is -0.0353. The average Bonchev–Trinajstić information content (AvgIpc) is 2.81. The third kappa shape index (κ3) is 3.44.